The van der Waals surface area contributed by atoms with Crippen molar-refractivity contribution in [1.82, 2.24) is 14.5 Å². The molecule has 1 N–H and O–H groups in total. The second-order valence-electron chi connectivity index (χ2n) is 7.69. The highest BCUT2D eigenvalue weighted by Gasteiger charge is 2.33. The molecule has 1 unspecified atom stereocenters. The maximum absolute atomic E-state index is 13.1. The normalized spacial score (nSPS) is 16.1. The minimum absolute atomic E-state index is 0.0471. The second-order valence-corrected chi connectivity index (χ2v) is 7.69. The van der Waals surface area contributed by atoms with E-state index in [2.05, 4.69) is 22.9 Å². The molecule has 0 radical (unpaired) electrons. The Bertz CT molecular complexity index is 1130. The van der Waals surface area contributed by atoms with Crippen LogP contribution in [0.3, 0.4) is 0 Å². The van der Waals surface area contributed by atoms with E-state index < -0.39 is 0 Å². The monoisotopic (exact) mass is 432 g/mol. The van der Waals surface area contributed by atoms with Crippen LogP contribution in [0.2, 0.25) is 0 Å². The van der Waals surface area contributed by atoms with E-state index in [0.717, 1.165) is 41.8 Å². The van der Waals surface area contributed by atoms with Gasteiger partial charge in [-0.15, -0.1) is 0 Å². The van der Waals surface area contributed by atoms with Crippen LogP contribution in [0, 0.1) is 0 Å². The van der Waals surface area contributed by atoms with E-state index in [1.807, 2.05) is 47.4 Å². The summed E-state index contributed by atoms with van der Waals surface area (Å²) in [4.78, 5) is 31.3. The fourth-order valence-electron chi connectivity index (χ4n) is 4.19. The number of esters is 1. The number of aryl methyl sites for hydroxylation is 1. The molecule has 3 aromatic rings. The molecule has 1 aliphatic heterocycles. The summed E-state index contributed by atoms with van der Waals surface area (Å²) in [5.74, 6) is 0.573. The number of carbonyl (C=O) groups excluding carboxylic acids is 2. The first-order chi connectivity index (χ1) is 15.6. The molecule has 2 amide bonds. The Morgan fingerprint density at radius 2 is 1.94 bits per heavy atom. The Balaban J connectivity index is 1.47. The maximum Gasteiger partial charge on any atom is 0.330 e. The van der Waals surface area contributed by atoms with Crippen LogP contribution in [-0.4, -0.2) is 39.6 Å². The van der Waals surface area contributed by atoms with Crippen molar-refractivity contribution in [3.63, 3.8) is 0 Å². The lowest BCUT2D eigenvalue weighted by Crippen LogP contribution is -2.35. The molecule has 1 saturated heterocycles. The topological polar surface area (TPSA) is 76.5 Å². The van der Waals surface area contributed by atoms with Gasteiger partial charge in [-0.3, -0.25) is 0 Å². The van der Waals surface area contributed by atoms with E-state index in [9.17, 15) is 9.59 Å². The predicted octanol–water partition coefficient (Wildman–Crippen LogP) is 5.00. The number of para-hydroxylation sites is 2. The first-order valence-electron chi connectivity index (χ1n) is 11.1. The van der Waals surface area contributed by atoms with Crippen molar-refractivity contribution in [3.8, 4) is 0 Å². The number of urea groups is 1. The third-order valence-electron chi connectivity index (χ3n) is 5.67. The van der Waals surface area contributed by atoms with Crippen LogP contribution >= 0.6 is 0 Å². The zero-order valence-corrected chi connectivity index (χ0v) is 18.5. The lowest BCUT2D eigenvalue weighted by molar-refractivity contribution is -0.137. The summed E-state index contributed by atoms with van der Waals surface area (Å²) in [6.45, 7) is 5.73. The third kappa shape index (κ3) is 4.51. The van der Waals surface area contributed by atoms with Crippen molar-refractivity contribution in [1.29, 1.82) is 0 Å². The van der Waals surface area contributed by atoms with E-state index in [1.54, 1.807) is 13.0 Å². The van der Waals surface area contributed by atoms with E-state index >= 15 is 0 Å². The largest absolute Gasteiger partial charge is 0.463 e. The molecule has 1 aliphatic rings. The molecule has 0 spiro atoms. The molecule has 166 valence electrons. The first kappa shape index (κ1) is 21.6. The van der Waals surface area contributed by atoms with Gasteiger partial charge >= 0.3 is 12.0 Å². The van der Waals surface area contributed by atoms with Crippen molar-refractivity contribution in [3.05, 3.63) is 66.0 Å². The van der Waals surface area contributed by atoms with Gasteiger partial charge in [0.1, 0.15) is 5.82 Å². The number of nitrogens with zero attached hydrogens (tertiary/aromatic N) is 3. The Morgan fingerprint density at radius 3 is 2.69 bits per heavy atom. The van der Waals surface area contributed by atoms with Crippen molar-refractivity contribution < 1.29 is 14.3 Å². The molecular weight excluding hydrogens is 404 g/mol. The molecular formula is C25H28N4O3. The Morgan fingerprint density at radius 1 is 1.16 bits per heavy atom. The van der Waals surface area contributed by atoms with Gasteiger partial charge in [0.05, 0.1) is 23.7 Å². The molecule has 7 nitrogen and oxygen atoms in total. The average molecular weight is 433 g/mol. The van der Waals surface area contributed by atoms with Gasteiger partial charge in [0, 0.05) is 24.9 Å². The number of carbonyl (C=O) groups is 2. The molecule has 4 rings (SSSR count). The molecule has 0 aliphatic carbocycles. The van der Waals surface area contributed by atoms with E-state index in [1.165, 1.54) is 6.08 Å². The van der Waals surface area contributed by atoms with Gasteiger partial charge in [0.25, 0.3) is 0 Å². The summed E-state index contributed by atoms with van der Waals surface area (Å²) in [7, 11) is 0. The smallest absolute Gasteiger partial charge is 0.330 e. The summed E-state index contributed by atoms with van der Waals surface area (Å²) < 4.78 is 7.09. The number of fused-ring (bicyclic) bond motifs is 1. The lowest BCUT2D eigenvalue weighted by Gasteiger charge is -2.25. The number of hydrogen-bond donors (Lipinski definition) is 1. The number of rotatable bonds is 6. The zero-order chi connectivity index (χ0) is 22.5. The number of imidazole rings is 1. The first-order valence-corrected chi connectivity index (χ1v) is 11.1. The lowest BCUT2D eigenvalue weighted by atomic mass is 10.2. The van der Waals surface area contributed by atoms with Crippen LogP contribution in [0.5, 0.6) is 0 Å². The average Bonchev–Trinajstić information content (AvgIpc) is 3.43. The van der Waals surface area contributed by atoms with Crippen LogP contribution in [0.15, 0.2) is 54.6 Å². The van der Waals surface area contributed by atoms with Crippen LogP contribution in [-0.2, 0) is 16.1 Å². The van der Waals surface area contributed by atoms with Gasteiger partial charge in [-0.1, -0.05) is 24.3 Å². The van der Waals surface area contributed by atoms with E-state index in [0.29, 0.717) is 18.8 Å². The zero-order valence-electron chi connectivity index (χ0n) is 18.5. The third-order valence-corrected chi connectivity index (χ3v) is 5.67. The Labute approximate surface area is 187 Å². The highest BCUT2D eigenvalue weighted by Crippen LogP contribution is 2.34. The molecule has 32 heavy (non-hydrogen) atoms. The Hall–Kier alpha value is -3.61. The summed E-state index contributed by atoms with van der Waals surface area (Å²) in [6.07, 6.45) is 4.93. The van der Waals surface area contributed by atoms with Gasteiger partial charge in [0.15, 0.2) is 0 Å². The number of hydrogen-bond acceptors (Lipinski definition) is 4. The van der Waals surface area contributed by atoms with E-state index in [4.69, 9.17) is 9.72 Å². The number of anilines is 1. The van der Waals surface area contributed by atoms with Crippen LogP contribution < -0.4 is 5.32 Å². The van der Waals surface area contributed by atoms with Crippen molar-refractivity contribution in [2.45, 2.75) is 39.3 Å². The van der Waals surface area contributed by atoms with Gasteiger partial charge in [-0.05, 0) is 62.6 Å². The number of nitrogens with one attached hydrogen (secondary N) is 1. The van der Waals surface area contributed by atoms with Crippen molar-refractivity contribution in [2.24, 2.45) is 0 Å². The number of likely N-dealkylation sites (tertiary alicyclic amines) is 1. The summed E-state index contributed by atoms with van der Waals surface area (Å²) in [5, 5.41) is 3.00. The number of amides is 2. The number of aromatic nitrogens is 2. The summed E-state index contributed by atoms with van der Waals surface area (Å²) in [5.41, 5.74) is 3.62. The number of benzene rings is 2. The van der Waals surface area contributed by atoms with Gasteiger partial charge in [0.2, 0.25) is 0 Å². The van der Waals surface area contributed by atoms with Crippen LogP contribution in [0.25, 0.3) is 17.1 Å². The van der Waals surface area contributed by atoms with Gasteiger partial charge in [-0.25, -0.2) is 14.6 Å². The molecule has 1 fully saturated rings. The summed E-state index contributed by atoms with van der Waals surface area (Å²) in [6, 6.07) is 15.3. The molecule has 7 heteroatoms. The van der Waals surface area contributed by atoms with Crippen LogP contribution in [0.4, 0.5) is 10.5 Å². The van der Waals surface area contributed by atoms with Crippen molar-refractivity contribution in [2.75, 3.05) is 18.5 Å². The Kier molecular flexibility index (Phi) is 6.54. The fraction of sp³-hybridized carbons (Fsp3) is 0.320. The molecule has 1 aromatic heterocycles. The molecule has 0 bridgehead atoms. The highest BCUT2D eigenvalue weighted by molar-refractivity contribution is 5.90. The molecule has 0 saturated carbocycles. The minimum atomic E-state index is -0.372. The van der Waals surface area contributed by atoms with Crippen LogP contribution in [0.1, 0.15) is 44.1 Å². The highest BCUT2D eigenvalue weighted by atomic mass is 16.5. The molecule has 1 atom stereocenters. The van der Waals surface area contributed by atoms with Gasteiger partial charge in [-0.2, -0.15) is 0 Å². The van der Waals surface area contributed by atoms with Crippen molar-refractivity contribution >= 4 is 34.8 Å². The fourth-order valence-corrected chi connectivity index (χ4v) is 4.19. The maximum atomic E-state index is 13.1. The predicted molar refractivity (Wildman–Crippen MR) is 125 cm³/mol. The molecule has 2 aromatic carbocycles. The minimum Gasteiger partial charge on any atom is -0.463 e. The quantitative estimate of drug-likeness (QED) is 0.439. The summed E-state index contributed by atoms with van der Waals surface area (Å²) >= 11 is 0. The second kappa shape index (κ2) is 9.68. The molecule has 2 heterocycles. The SMILES string of the molecule is CCOC(=O)/C=C/c1ccc(NC(=O)N2CCCC2c2nc3ccccc3n2CC)cc1. The number of ether oxygens (including phenoxy) is 1. The van der Waals surface area contributed by atoms with Gasteiger partial charge < -0.3 is 19.5 Å². The standard InChI is InChI=1S/C25H28N4O3/c1-3-28-21-9-6-5-8-20(21)27-24(28)22-10-7-17-29(22)25(31)26-19-14-11-18(12-15-19)13-16-23(30)32-4-2/h5-6,8-9,11-16,22H,3-4,7,10,17H2,1-2H3,(H,26,31)/b16-13+. The van der Waals surface area contributed by atoms with E-state index in [-0.39, 0.29) is 18.0 Å².